The molecule has 0 bridgehead atoms. The number of nitrogens with zero attached hydrogens (tertiary/aromatic N) is 2. The van der Waals surface area contributed by atoms with Gasteiger partial charge in [0, 0.05) is 10.7 Å². The summed E-state index contributed by atoms with van der Waals surface area (Å²) in [5, 5.41) is 9.09. The minimum Gasteiger partial charge on any atom is -0.478 e. The van der Waals surface area contributed by atoms with E-state index >= 15 is 0 Å². The molecular formula is C13H7BrN2O3. The van der Waals surface area contributed by atoms with Crippen molar-refractivity contribution in [2.45, 2.75) is 0 Å². The summed E-state index contributed by atoms with van der Waals surface area (Å²) in [5.74, 6) is -0.742. The standard InChI is InChI=1S/C13H7BrN2O3/c14-7-4-5-10(15-6-7)12-16-9-3-1-2-8(13(17)18)11(9)19-12/h1-6H,(H,17,18). The zero-order valence-electron chi connectivity index (χ0n) is 9.50. The van der Waals surface area contributed by atoms with Crippen molar-refractivity contribution in [3.63, 3.8) is 0 Å². The number of pyridine rings is 1. The summed E-state index contributed by atoms with van der Waals surface area (Å²) in [4.78, 5) is 19.5. The zero-order chi connectivity index (χ0) is 13.4. The van der Waals surface area contributed by atoms with Crippen LogP contribution in [-0.4, -0.2) is 21.0 Å². The van der Waals surface area contributed by atoms with Crippen LogP contribution < -0.4 is 0 Å². The Morgan fingerprint density at radius 2 is 2.11 bits per heavy atom. The number of hydrogen-bond acceptors (Lipinski definition) is 4. The molecule has 5 nitrogen and oxygen atoms in total. The first-order valence-corrected chi connectivity index (χ1v) is 6.19. The molecule has 0 aliphatic rings. The van der Waals surface area contributed by atoms with E-state index in [2.05, 4.69) is 25.9 Å². The first kappa shape index (κ1) is 11.9. The van der Waals surface area contributed by atoms with Gasteiger partial charge in [-0.3, -0.25) is 4.98 Å². The second-order valence-corrected chi connectivity index (χ2v) is 4.76. The molecule has 0 saturated heterocycles. The SMILES string of the molecule is O=C(O)c1cccc2nc(-c3ccc(Br)cn3)oc12. The molecule has 2 aromatic heterocycles. The molecule has 2 heterocycles. The number of carboxylic acid groups (broad SMARTS) is 1. The van der Waals surface area contributed by atoms with Gasteiger partial charge >= 0.3 is 5.97 Å². The summed E-state index contributed by atoms with van der Waals surface area (Å²) in [5.41, 5.74) is 1.40. The monoisotopic (exact) mass is 318 g/mol. The van der Waals surface area contributed by atoms with Crippen molar-refractivity contribution in [1.29, 1.82) is 0 Å². The quantitative estimate of drug-likeness (QED) is 0.784. The highest BCUT2D eigenvalue weighted by molar-refractivity contribution is 9.10. The number of halogens is 1. The fraction of sp³-hybridized carbons (Fsp3) is 0. The Hall–Kier alpha value is -2.21. The van der Waals surface area contributed by atoms with Crippen LogP contribution in [0.4, 0.5) is 0 Å². The molecule has 0 radical (unpaired) electrons. The van der Waals surface area contributed by atoms with Crippen LogP contribution in [0.2, 0.25) is 0 Å². The van der Waals surface area contributed by atoms with Gasteiger partial charge in [0.2, 0.25) is 5.89 Å². The molecule has 0 unspecified atom stereocenters. The van der Waals surface area contributed by atoms with E-state index in [1.165, 1.54) is 6.07 Å². The maximum Gasteiger partial charge on any atom is 0.339 e. The lowest BCUT2D eigenvalue weighted by Gasteiger charge is -1.94. The first-order valence-electron chi connectivity index (χ1n) is 5.40. The maximum atomic E-state index is 11.1. The smallest absolute Gasteiger partial charge is 0.339 e. The summed E-state index contributed by atoms with van der Waals surface area (Å²) >= 11 is 3.29. The van der Waals surface area contributed by atoms with Crippen LogP contribution in [0.25, 0.3) is 22.7 Å². The van der Waals surface area contributed by atoms with Gasteiger partial charge in [-0.05, 0) is 40.2 Å². The normalized spacial score (nSPS) is 10.8. The molecule has 0 atom stereocenters. The Morgan fingerprint density at radius 1 is 1.26 bits per heavy atom. The summed E-state index contributed by atoms with van der Waals surface area (Å²) < 4.78 is 6.36. The third-order valence-electron chi connectivity index (χ3n) is 2.59. The highest BCUT2D eigenvalue weighted by Crippen LogP contribution is 2.26. The van der Waals surface area contributed by atoms with Crippen LogP contribution in [0.1, 0.15) is 10.4 Å². The highest BCUT2D eigenvalue weighted by atomic mass is 79.9. The van der Waals surface area contributed by atoms with E-state index in [1.807, 2.05) is 6.07 Å². The number of carboxylic acids is 1. The van der Waals surface area contributed by atoms with Crippen LogP contribution in [0, 0.1) is 0 Å². The number of rotatable bonds is 2. The molecule has 1 aromatic carbocycles. The molecule has 19 heavy (non-hydrogen) atoms. The molecule has 3 rings (SSSR count). The Bertz CT molecular complexity index is 765. The van der Waals surface area contributed by atoms with E-state index in [1.54, 1.807) is 24.4 Å². The minimum atomic E-state index is -1.04. The number of benzene rings is 1. The number of fused-ring (bicyclic) bond motifs is 1. The van der Waals surface area contributed by atoms with Gasteiger partial charge in [-0.15, -0.1) is 0 Å². The minimum absolute atomic E-state index is 0.0911. The number of carbonyl (C=O) groups is 1. The molecule has 0 saturated carbocycles. The molecule has 6 heteroatoms. The van der Waals surface area contributed by atoms with E-state index in [9.17, 15) is 4.79 Å². The van der Waals surface area contributed by atoms with Crippen LogP contribution in [0.3, 0.4) is 0 Å². The first-order chi connectivity index (χ1) is 9.15. The molecule has 0 fully saturated rings. The molecule has 94 valence electrons. The van der Waals surface area contributed by atoms with Crippen LogP contribution >= 0.6 is 15.9 Å². The van der Waals surface area contributed by atoms with E-state index in [0.717, 1.165) is 4.47 Å². The summed E-state index contributed by atoms with van der Waals surface area (Å²) in [6.07, 6.45) is 1.63. The van der Waals surface area contributed by atoms with Crippen molar-refractivity contribution in [2.24, 2.45) is 0 Å². The Kier molecular flexibility index (Phi) is 2.79. The molecule has 0 aliphatic carbocycles. The van der Waals surface area contributed by atoms with Crippen molar-refractivity contribution < 1.29 is 14.3 Å². The van der Waals surface area contributed by atoms with Crippen molar-refractivity contribution in [2.75, 3.05) is 0 Å². The predicted octanol–water partition coefficient (Wildman–Crippen LogP) is 3.35. The van der Waals surface area contributed by atoms with E-state index < -0.39 is 5.97 Å². The van der Waals surface area contributed by atoms with Gasteiger partial charge in [0.1, 0.15) is 16.8 Å². The lowest BCUT2D eigenvalue weighted by atomic mass is 10.2. The Balaban J connectivity index is 2.19. The summed E-state index contributed by atoms with van der Waals surface area (Å²) in [7, 11) is 0. The topological polar surface area (TPSA) is 76.2 Å². The van der Waals surface area contributed by atoms with Gasteiger partial charge in [-0.25, -0.2) is 9.78 Å². The second kappa shape index (κ2) is 4.47. The summed E-state index contributed by atoms with van der Waals surface area (Å²) in [6.45, 7) is 0. The molecule has 0 amide bonds. The Labute approximate surface area is 116 Å². The zero-order valence-corrected chi connectivity index (χ0v) is 11.1. The third-order valence-corrected chi connectivity index (χ3v) is 3.06. The van der Waals surface area contributed by atoms with Gasteiger partial charge in [0.15, 0.2) is 5.58 Å². The fourth-order valence-electron chi connectivity index (χ4n) is 1.73. The largest absolute Gasteiger partial charge is 0.478 e. The van der Waals surface area contributed by atoms with E-state index in [0.29, 0.717) is 17.1 Å². The van der Waals surface area contributed by atoms with Crippen LogP contribution in [0.15, 0.2) is 45.4 Å². The highest BCUT2D eigenvalue weighted by Gasteiger charge is 2.15. The summed E-state index contributed by atoms with van der Waals surface area (Å²) in [6, 6.07) is 8.37. The van der Waals surface area contributed by atoms with E-state index in [-0.39, 0.29) is 11.1 Å². The van der Waals surface area contributed by atoms with E-state index in [4.69, 9.17) is 9.52 Å². The van der Waals surface area contributed by atoms with Crippen molar-refractivity contribution >= 4 is 33.0 Å². The maximum absolute atomic E-state index is 11.1. The molecule has 3 aromatic rings. The average molecular weight is 319 g/mol. The number of oxazole rings is 1. The molecule has 0 spiro atoms. The fourth-order valence-corrected chi connectivity index (χ4v) is 1.96. The predicted molar refractivity (Wildman–Crippen MR) is 71.9 cm³/mol. The molecule has 1 N–H and O–H groups in total. The number of hydrogen-bond donors (Lipinski definition) is 1. The number of para-hydroxylation sites is 1. The van der Waals surface area contributed by atoms with Crippen LogP contribution in [-0.2, 0) is 0 Å². The lowest BCUT2D eigenvalue weighted by molar-refractivity contribution is 0.0698. The molecular weight excluding hydrogens is 312 g/mol. The van der Waals surface area contributed by atoms with Gasteiger partial charge in [-0.2, -0.15) is 0 Å². The molecule has 0 aliphatic heterocycles. The van der Waals surface area contributed by atoms with Crippen molar-refractivity contribution in [1.82, 2.24) is 9.97 Å². The lowest BCUT2D eigenvalue weighted by Crippen LogP contribution is -1.95. The third kappa shape index (κ3) is 2.10. The number of aromatic carboxylic acids is 1. The average Bonchev–Trinajstić information content (AvgIpc) is 2.82. The second-order valence-electron chi connectivity index (χ2n) is 3.84. The van der Waals surface area contributed by atoms with Crippen LogP contribution in [0.5, 0.6) is 0 Å². The Morgan fingerprint density at radius 3 is 2.79 bits per heavy atom. The van der Waals surface area contributed by atoms with Crippen molar-refractivity contribution in [3.05, 3.63) is 46.6 Å². The van der Waals surface area contributed by atoms with Gasteiger partial charge < -0.3 is 9.52 Å². The number of aromatic nitrogens is 2. The van der Waals surface area contributed by atoms with Gasteiger partial charge in [0.25, 0.3) is 0 Å². The van der Waals surface area contributed by atoms with Gasteiger partial charge in [-0.1, -0.05) is 6.07 Å². The van der Waals surface area contributed by atoms with Gasteiger partial charge in [0.05, 0.1) is 0 Å². The van der Waals surface area contributed by atoms with Crippen molar-refractivity contribution in [3.8, 4) is 11.6 Å².